The largest absolute Gasteiger partial charge is 0.304 e. The Morgan fingerprint density at radius 3 is 1.00 bits per heavy atom. The van der Waals surface area contributed by atoms with Crippen LogP contribution in [0.1, 0.15) is 34.6 Å². The summed E-state index contributed by atoms with van der Waals surface area (Å²) >= 11 is 0. The van der Waals surface area contributed by atoms with Crippen LogP contribution in [0, 0.1) is 0 Å². The molecule has 0 saturated carbocycles. The Balaban J connectivity index is -0.0000000360. The van der Waals surface area contributed by atoms with Crippen molar-refractivity contribution in [1.82, 2.24) is 0 Å². The number of carbonyl (C=O) groups excluding carboxylic acids is 1. The molecule has 0 N–H and O–H groups in total. The molecule has 1 heteroatoms. The molecule has 0 fully saturated rings. The molecule has 0 atom stereocenters. The van der Waals surface area contributed by atoms with Crippen LogP contribution in [0.25, 0.3) is 0 Å². The second-order valence-electron chi connectivity index (χ2n) is 0.236. The third-order valence-corrected chi connectivity index (χ3v) is 0. The summed E-state index contributed by atoms with van der Waals surface area (Å²) in [5.41, 5.74) is 0. The van der Waals surface area contributed by atoms with Gasteiger partial charge in [-0.15, -0.1) is 0 Å². The van der Waals surface area contributed by atoms with Crippen LogP contribution in [0.3, 0.4) is 0 Å². The van der Waals surface area contributed by atoms with Gasteiger partial charge in [0.2, 0.25) is 0 Å². The van der Waals surface area contributed by atoms with Crippen molar-refractivity contribution in [3.63, 3.8) is 0 Å². The summed E-state index contributed by atoms with van der Waals surface area (Å²) < 4.78 is 0. The fourth-order valence-electron chi connectivity index (χ4n) is 0. The maximum absolute atomic E-state index is 8.81. The van der Waals surface area contributed by atoms with Crippen molar-refractivity contribution in [3.8, 4) is 0 Å². The van der Waals surface area contributed by atoms with Gasteiger partial charge in [0, 0.05) is 0 Å². The zero-order valence-electron chi connectivity index (χ0n) is 5.99. The Bertz CT molecular complexity index is 11.7. The molecule has 0 aromatic carbocycles. The summed E-state index contributed by atoms with van der Waals surface area (Å²) in [6, 6.07) is 0. The first kappa shape index (κ1) is 15.9. The van der Waals surface area contributed by atoms with E-state index < -0.39 is 0 Å². The molecule has 0 aliphatic heterocycles. The Morgan fingerprint density at radius 2 is 1.00 bits per heavy atom. The number of aldehydes is 1. The first-order chi connectivity index (χ1) is 3.41. The Morgan fingerprint density at radius 1 is 1.00 bits per heavy atom. The lowest BCUT2D eigenvalue weighted by Gasteiger charge is -1.23. The standard InChI is InChI=1S/C2H4O.2C2H6/c1-2-3;2*1-2/h2H,1H3;2*1-2H3. The Labute approximate surface area is 46.7 Å². The van der Waals surface area contributed by atoms with E-state index in [-0.39, 0.29) is 0 Å². The number of hydrogen-bond donors (Lipinski definition) is 0. The number of hydrogen-bond acceptors (Lipinski definition) is 1. The normalized spacial score (nSPS) is 3.57. The molecular formula is C6H16O. The Hall–Kier alpha value is -0.330. The zero-order chi connectivity index (χ0) is 6.71. The summed E-state index contributed by atoms with van der Waals surface area (Å²) in [5, 5.41) is 0. The highest BCUT2D eigenvalue weighted by atomic mass is 16.1. The molecule has 0 amide bonds. The maximum Gasteiger partial charge on any atom is 0.116 e. The maximum atomic E-state index is 8.81. The van der Waals surface area contributed by atoms with E-state index in [1.54, 1.807) is 0 Å². The number of carbonyl (C=O) groups is 1. The lowest BCUT2D eigenvalue weighted by atomic mass is 11.0. The lowest BCUT2D eigenvalue weighted by molar-refractivity contribution is -0.106. The van der Waals surface area contributed by atoms with E-state index in [2.05, 4.69) is 0 Å². The smallest absolute Gasteiger partial charge is 0.116 e. The molecular weight excluding hydrogens is 88.1 g/mol. The molecule has 0 aliphatic rings. The van der Waals surface area contributed by atoms with Crippen molar-refractivity contribution < 1.29 is 4.79 Å². The van der Waals surface area contributed by atoms with E-state index in [4.69, 9.17) is 4.79 Å². The average molecular weight is 104 g/mol. The van der Waals surface area contributed by atoms with Crippen molar-refractivity contribution >= 4 is 6.29 Å². The third-order valence-electron chi connectivity index (χ3n) is 0. The average Bonchev–Trinajstić information content (AvgIpc) is 1.78. The van der Waals surface area contributed by atoms with Gasteiger partial charge in [-0.05, 0) is 6.92 Å². The molecule has 0 saturated heterocycles. The van der Waals surface area contributed by atoms with Gasteiger partial charge in [0.15, 0.2) is 0 Å². The molecule has 0 radical (unpaired) electrons. The fraction of sp³-hybridized carbons (Fsp3) is 0.833. The fourth-order valence-corrected chi connectivity index (χ4v) is 0. The van der Waals surface area contributed by atoms with E-state index in [1.165, 1.54) is 6.92 Å². The molecule has 1 nitrogen and oxygen atoms in total. The minimum atomic E-state index is 0.750. The highest BCUT2D eigenvalue weighted by molar-refractivity contribution is 5.44. The third kappa shape index (κ3) is 701. The summed E-state index contributed by atoms with van der Waals surface area (Å²) in [6.45, 7) is 9.44. The molecule has 0 spiro atoms. The summed E-state index contributed by atoms with van der Waals surface area (Å²) in [7, 11) is 0. The highest BCUT2D eigenvalue weighted by Crippen LogP contribution is 1.15. The van der Waals surface area contributed by atoms with Gasteiger partial charge in [0.1, 0.15) is 6.29 Å². The predicted octanol–water partition coefficient (Wildman–Crippen LogP) is 2.26. The van der Waals surface area contributed by atoms with Crippen LogP contribution in [-0.2, 0) is 4.79 Å². The number of rotatable bonds is 0. The predicted molar refractivity (Wildman–Crippen MR) is 34.4 cm³/mol. The second kappa shape index (κ2) is 275. The van der Waals surface area contributed by atoms with E-state index in [0.29, 0.717) is 0 Å². The first-order valence-corrected chi connectivity index (χ1v) is 2.81. The quantitative estimate of drug-likeness (QED) is 0.431. The van der Waals surface area contributed by atoms with Gasteiger partial charge in [-0.25, -0.2) is 0 Å². The molecule has 0 unspecified atom stereocenters. The molecule has 0 rings (SSSR count). The van der Waals surface area contributed by atoms with Gasteiger partial charge < -0.3 is 4.79 Å². The van der Waals surface area contributed by atoms with E-state index in [9.17, 15) is 0 Å². The van der Waals surface area contributed by atoms with Crippen molar-refractivity contribution in [3.05, 3.63) is 0 Å². The van der Waals surface area contributed by atoms with Gasteiger partial charge >= 0.3 is 0 Å². The van der Waals surface area contributed by atoms with Crippen molar-refractivity contribution in [1.29, 1.82) is 0 Å². The summed E-state index contributed by atoms with van der Waals surface area (Å²) in [5.74, 6) is 0. The monoisotopic (exact) mass is 104 g/mol. The zero-order valence-corrected chi connectivity index (χ0v) is 5.99. The first-order valence-electron chi connectivity index (χ1n) is 2.81. The van der Waals surface area contributed by atoms with Crippen LogP contribution in [0.4, 0.5) is 0 Å². The van der Waals surface area contributed by atoms with Gasteiger partial charge in [-0.2, -0.15) is 0 Å². The molecule has 0 bridgehead atoms. The molecule has 0 heterocycles. The molecule has 0 aromatic rings. The van der Waals surface area contributed by atoms with Gasteiger partial charge in [0.05, 0.1) is 0 Å². The molecule has 46 valence electrons. The van der Waals surface area contributed by atoms with Crippen LogP contribution in [-0.4, -0.2) is 6.29 Å². The van der Waals surface area contributed by atoms with Crippen LogP contribution in [0.5, 0.6) is 0 Å². The topological polar surface area (TPSA) is 17.1 Å². The lowest BCUT2D eigenvalue weighted by Crippen LogP contribution is -1.36. The minimum absolute atomic E-state index is 0.750. The van der Waals surface area contributed by atoms with Crippen LogP contribution in [0.15, 0.2) is 0 Å². The Kier molecular flexibility index (Phi) is 627. The van der Waals surface area contributed by atoms with Gasteiger partial charge in [0.25, 0.3) is 0 Å². The second-order valence-corrected chi connectivity index (χ2v) is 0.236. The minimum Gasteiger partial charge on any atom is -0.304 e. The van der Waals surface area contributed by atoms with Crippen LogP contribution < -0.4 is 0 Å². The van der Waals surface area contributed by atoms with E-state index in [1.807, 2.05) is 27.7 Å². The molecule has 0 aromatic heterocycles. The molecule has 7 heavy (non-hydrogen) atoms. The van der Waals surface area contributed by atoms with Gasteiger partial charge in [-0.3, -0.25) is 0 Å². The summed E-state index contributed by atoms with van der Waals surface area (Å²) in [6.07, 6.45) is 0.750. The van der Waals surface area contributed by atoms with E-state index >= 15 is 0 Å². The van der Waals surface area contributed by atoms with Crippen molar-refractivity contribution in [2.24, 2.45) is 0 Å². The van der Waals surface area contributed by atoms with Crippen LogP contribution in [0.2, 0.25) is 0 Å². The van der Waals surface area contributed by atoms with Gasteiger partial charge in [-0.1, -0.05) is 27.7 Å². The SMILES string of the molecule is CC.CC.CC=O. The van der Waals surface area contributed by atoms with Crippen LogP contribution >= 0.6 is 0 Å². The molecule has 0 aliphatic carbocycles. The summed E-state index contributed by atoms with van der Waals surface area (Å²) in [4.78, 5) is 8.81. The van der Waals surface area contributed by atoms with E-state index in [0.717, 1.165) is 6.29 Å². The highest BCUT2D eigenvalue weighted by Gasteiger charge is 1.24. The van der Waals surface area contributed by atoms with Crippen molar-refractivity contribution in [2.45, 2.75) is 34.6 Å². The van der Waals surface area contributed by atoms with Crippen molar-refractivity contribution in [2.75, 3.05) is 0 Å².